The number of nitrogens with one attached hydrogen (secondary N) is 1. The number of carbonyl (C=O) groups excluding carboxylic acids is 1. The van der Waals surface area contributed by atoms with Crippen molar-refractivity contribution < 1.29 is 19.0 Å². The van der Waals surface area contributed by atoms with Crippen molar-refractivity contribution in [1.29, 1.82) is 0 Å². The monoisotopic (exact) mass is 265 g/mol. The Hall–Kier alpha value is -1.59. The van der Waals surface area contributed by atoms with Crippen LogP contribution >= 0.6 is 0 Å². The van der Waals surface area contributed by atoms with E-state index in [4.69, 9.17) is 14.2 Å². The van der Waals surface area contributed by atoms with E-state index in [1.807, 2.05) is 24.3 Å². The zero-order valence-corrected chi connectivity index (χ0v) is 11.1. The fourth-order valence-electron chi connectivity index (χ4n) is 1.99. The van der Waals surface area contributed by atoms with Gasteiger partial charge in [0.25, 0.3) is 0 Å². The molecule has 1 aliphatic rings. The van der Waals surface area contributed by atoms with Gasteiger partial charge in [-0.15, -0.1) is 0 Å². The maximum Gasteiger partial charge on any atom is 0.328 e. The number of hydrogen-bond acceptors (Lipinski definition) is 5. The summed E-state index contributed by atoms with van der Waals surface area (Å²) >= 11 is 0. The molecule has 0 aliphatic carbocycles. The van der Waals surface area contributed by atoms with Gasteiger partial charge in [-0.05, 0) is 11.6 Å². The van der Waals surface area contributed by atoms with Gasteiger partial charge in [-0.1, -0.05) is 18.2 Å². The first kappa shape index (κ1) is 13.8. The molecular formula is C14H19NO4. The lowest BCUT2D eigenvalue weighted by atomic mass is 10.1. The fourth-order valence-corrected chi connectivity index (χ4v) is 1.99. The highest BCUT2D eigenvalue weighted by atomic mass is 16.6. The number of benzene rings is 1. The van der Waals surface area contributed by atoms with Gasteiger partial charge in [0.05, 0.1) is 19.8 Å². The molecule has 104 valence electrons. The van der Waals surface area contributed by atoms with E-state index in [0.29, 0.717) is 26.2 Å². The molecule has 1 unspecified atom stereocenters. The highest BCUT2D eigenvalue weighted by Crippen LogP contribution is 2.25. The van der Waals surface area contributed by atoms with Crippen molar-refractivity contribution in [1.82, 2.24) is 0 Å². The Balaban J connectivity index is 1.66. The van der Waals surface area contributed by atoms with E-state index in [0.717, 1.165) is 11.3 Å². The van der Waals surface area contributed by atoms with E-state index in [-0.39, 0.29) is 18.6 Å². The van der Waals surface area contributed by atoms with Crippen LogP contribution in [0.5, 0.6) is 0 Å². The highest BCUT2D eigenvalue weighted by molar-refractivity contribution is 5.82. The molecule has 1 heterocycles. The molecule has 0 spiro atoms. The summed E-state index contributed by atoms with van der Waals surface area (Å²) in [7, 11) is 1.62. The molecule has 1 aromatic rings. The minimum Gasteiger partial charge on any atom is -0.462 e. The molecule has 0 radical (unpaired) electrons. The van der Waals surface area contributed by atoms with Gasteiger partial charge in [0, 0.05) is 19.2 Å². The molecular weight excluding hydrogens is 246 g/mol. The van der Waals surface area contributed by atoms with E-state index in [1.165, 1.54) is 0 Å². The zero-order valence-electron chi connectivity index (χ0n) is 11.1. The number of rotatable bonds is 7. The Kier molecular flexibility index (Phi) is 5.18. The van der Waals surface area contributed by atoms with Crippen LogP contribution in [0.2, 0.25) is 0 Å². The molecule has 1 atom stereocenters. The van der Waals surface area contributed by atoms with Gasteiger partial charge in [-0.2, -0.15) is 0 Å². The van der Waals surface area contributed by atoms with E-state index >= 15 is 0 Å². The second-order valence-corrected chi connectivity index (χ2v) is 4.33. The molecule has 19 heavy (non-hydrogen) atoms. The van der Waals surface area contributed by atoms with Crippen LogP contribution < -0.4 is 5.32 Å². The summed E-state index contributed by atoms with van der Waals surface area (Å²) in [4.78, 5) is 11.8. The average molecular weight is 265 g/mol. The van der Waals surface area contributed by atoms with E-state index in [1.54, 1.807) is 7.11 Å². The lowest BCUT2D eigenvalue weighted by Gasteiger charge is -2.11. The van der Waals surface area contributed by atoms with Gasteiger partial charge in [0.2, 0.25) is 0 Å². The number of anilines is 1. The molecule has 0 saturated carbocycles. The number of esters is 1. The summed E-state index contributed by atoms with van der Waals surface area (Å²) in [5.74, 6) is -0.230. The Labute approximate surface area is 112 Å². The van der Waals surface area contributed by atoms with Gasteiger partial charge in [0.15, 0.2) is 0 Å². The summed E-state index contributed by atoms with van der Waals surface area (Å²) in [5, 5.41) is 3.16. The molecule has 5 heteroatoms. The minimum absolute atomic E-state index is 0.230. The number of hydrogen-bond donors (Lipinski definition) is 1. The zero-order chi connectivity index (χ0) is 13.5. The van der Waals surface area contributed by atoms with Gasteiger partial charge < -0.3 is 19.5 Å². The van der Waals surface area contributed by atoms with Crippen LogP contribution in [0.3, 0.4) is 0 Å². The summed E-state index contributed by atoms with van der Waals surface area (Å²) in [6.07, 6.45) is 0.680. The highest BCUT2D eigenvalue weighted by Gasteiger charge is 2.27. The third-order valence-corrected chi connectivity index (χ3v) is 2.96. The molecule has 1 aromatic carbocycles. The van der Waals surface area contributed by atoms with Gasteiger partial charge in [-0.25, -0.2) is 4.79 Å². The van der Waals surface area contributed by atoms with E-state index in [9.17, 15) is 4.79 Å². The maximum absolute atomic E-state index is 11.8. The van der Waals surface area contributed by atoms with Crippen molar-refractivity contribution in [3.8, 4) is 0 Å². The topological polar surface area (TPSA) is 56.8 Å². The van der Waals surface area contributed by atoms with Crippen molar-refractivity contribution in [3.05, 3.63) is 29.8 Å². The molecule has 0 fully saturated rings. The van der Waals surface area contributed by atoms with Crippen LogP contribution in [0.25, 0.3) is 0 Å². The minimum atomic E-state index is -0.281. The SMILES string of the molecule is COCCOCCOC(=O)C1Cc2ccccc2N1. The van der Waals surface area contributed by atoms with Crippen LogP contribution in [0.1, 0.15) is 5.56 Å². The molecule has 0 saturated heterocycles. The lowest BCUT2D eigenvalue weighted by Crippen LogP contribution is -2.30. The van der Waals surface area contributed by atoms with Crippen molar-refractivity contribution in [2.45, 2.75) is 12.5 Å². The third-order valence-electron chi connectivity index (χ3n) is 2.96. The van der Waals surface area contributed by atoms with Gasteiger partial charge in [0.1, 0.15) is 12.6 Å². The molecule has 0 bridgehead atoms. The third kappa shape index (κ3) is 3.94. The Morgan fingerprint density at radius 2 is 2.05 bits per heavy atom. The van der Waals surface area contributed by atoms with Crippen LogP contribution in [0.15, 0.2) is 24.3 Å². The van der Waals surface area contributed by atoms with Crippen molar-refractivity contribution in [2.24, 2.45) is 0 Å². The standard InChI is InChI=1S/C14H19NO4/c1-17-6-7-18-8-9-19-14(16)13-10-11-4-2-3-5-12(11)15-13/h2-5,13,15H,6-10H2,1H3. The summed E-state index contributed by atoms with van der Waals surface area (Å²) < 4.78 is 15.2. The summed E-state index contributed by atoms with van der Waals surface area (Å²) in [6.45, 7) is 1.74. The van der Waals surface area contributed by atoms with E-state index in [2.05, 4.69) is 5.32 Å². The molecule has 1 aliphatic heterocycles. The number of para-hydroxylation sites is 1. The predicted octanol–water partition coefficient (Wildman–Crippen LogP) is 1.23. The number of fused-ring (bicyclic) bond motifs is 1. The van der Waals surface area contributed by atoms with Crippen LogP contribution in [0, 0.1) is 0 Å². The van der Waals surface area contributed by atoms with Crippen LogP contribution in [-0.4, -0.2) is 45.5 Å². The average Bonchev–Trinajstić information content (AvgIpc) is 2.86. The Morgan fingerprint density at radius 3 is 2.84 bits per heavy atom. The van der Waals surface area contributed by atoms with Crippen LogP contribution in [-0.2, 0) is 25.4 Å². The molecule has 5 nitrogen and oxygen atoms in total. The van der Waals surface area contributed by atoms with E-state index < -0.39 is 0 Å². The quantitative estimate of drug-likeness (QED) is 0.593. The predicted molar refractivity (Wildman–Crippen MR) is 71.2 cm³/mol. The largest absolute Gasteiger partial charge is 0.462 e. The first-order valence-electron chi connectivity index (χ1n) is 6.39. The lowest BCUT2D eigenvalue weighted by molar-refractivity contribution is -0.146. The van der Waals surface area contributed by atoms with Crippen molar-refractivity contribution in [3.63, 3.8) is 0 Å². The second kappa shape index (κ2) is 7.11. The second-order valence-electron chi connectivity index (χ2n) is 4.33. The smallest absolute Gasteiger partial charge is 0.328 e. The molecule has 1 N–H and O–H groups in total. The van der Waals surface area contributed by atoms with Crippen molar-refractivity contribution >= 4 is 11.7 Å². The Bertz CT molecular complexity index is 397. The number of methoxy groups -OCH3 is 1. The number of carbonyl (C=O) groups is 1. The van der Waals surface area contributed by atoms with Crippen molar-refractivity contribution in [2.75, 3.05) is 38.9 Å². The fraction of sp³-hybridized carbons (Fsp3) is 0.500. The number of ether oxygens (including phenoxy) is 3. The Morgan fingerprint density at radius 1 is 1.26 bits per heavy atom. The molecule has 0 aromatic heterocycles. The molecule has 2 rings (SSSR count). The summed E-state index contributed by atoms with van der Waals surface area (Å²) in [6, 6.07) is 7.62. The summed E-state index contributed by atoms with van der Waals surface area (Å²) in [5.41, 5.74) is 2.17. The maximum atomic E-state index is 11.8. The first-order chi connectivity index (χ1) is 9.31. The normalized spacial score (nSPS) is 16.8. The molecule has 0 amide bonds. The van der Waals surface area contributed by atoms with Crippen LogP contribution in [0.4, 0.5) is 5.69 Å². The first-order valence-corrected chi connectivity index (χ1v) is 6.39. The van der Waals surface area contributed by atoms with Gasteiger partial charge in [-0.3, -0.25) is 0 Å². The van der Waals surface area contributed by atoms with Gasteiger partial charge >= 0.3 is 5.97 Å².